The van der Waals surface area contributed by atoms with Crippen molar-refractivity contribution in [1.29, 1.82) is 0 Å². The molecule has 0 radical (unpaired) electrons. The van der Waals surface area contributed by atoms with Crippen molar-refractivity contribution in [3.63, 3.8) is 0 Å². The monoisotopic (exact) mass is 311 g/mol. The first-order chi connectivity index (χ1) is 11.2. The molecule has 1 saturated heterocycles. The van der Waals surface area contributed by atoms with Crippen molar-refractivity contribution >= 4 is 5.65 Å². The Labute approximate surface area is 135 Å². The summed E-state index contributed by atoms with van der Waals surface area (Å²) in [6.07, 6.45) is 8.80. The molecule has 0 amide bonds. The summed E-state index contributed by atoms with van der Waals surface area (Å²) in [7, 11) is 2.01. The fourth-order valence-electron chi connectivity index (χ4n) is 3.21. The molecule has 0 unspecified atom stereocenters. The van der Waals surface area contributed by atoms with E-state index >= 15 is 0 Å². The molecule has 0 spiro atoms. The number of hydrogen-bond acceptors (Lipinski definition) is 4. The second-order valence-corrected chi connectivity index (χ2v) is 6.15. The van der Waals surface area contributed by atoms with Gasteiger partial charge in [0, 0.05) is 44.8 Å². The summed E-state index contributed by atoms with van der Waals surface area (Å²) in [4.78, 5) is 8.92. The highest BCUT2D eigenvalue weighted by atomic mass is 16.5. The van der Waals surface area contributed by atoms with Gasteiger partial charge in [-0.15, -0.1) is 0 Å². The Morgan fingerprint density at radius 1 is 1.35 bits per heavy atom. The van der Waals surface area contributed by atoms with Crippen LogP contribution < -0.4 is 5.32 Å². The van der Waals surface area contributed by atoms with E-state index in [9.17, 15) is 0 Å². The molecule has 120 valence electrons. The van der Waals surface area contributed by atoms with E-state index in [-0.39, 0.29) is 12.1 Å². The summed E-state index contributed by atoms with van der Waals surface area (Å²) in [6, 6.07) is 4.47. The summed E-state index contributed by atoms with van der Waals surface area (Å²) in [5, 5.41) is 3.62. The zero-order valence-corrected chi connectivity index (χ0v) is 13.4. The Kier molecular flexibility index (Phi) is 3.63. The second kappa shape index (κ2) is 5.79. The summed E-state index contributed by atoms with van der Waals surface area (Å²) >= 11 is 0. The third-order valence-corrected chi connectivity index (χ3v) is 4.50. The van der Waals surface area contributed by atoms with Crippen LogP contribution in [0.3, 0.4) is 0 Å². The van der Waals surface area contributed by atoms with Crippen molar-refractivity contribution in [3.05, 3.63) is 54.0 Å². The van der Waals surface area contributed by atoms with E-state index < -0.39 is 0 Å². The van der Waals surface area contributed by atoms with Crippen molar-refractivity contribution in [2.75, 3.05) is 6.61 Å². The molecule has 0 saturated carbocycles. The van der Waals surface area contributed by atoms with E-state index in [2.05, 4.69) is 44.9 Å². The van der Waals surface area contributed by atoms with Crippen LogP contribution in [0.5, 0.6) is 0 Å². The highest BCUT2D eigenvalue weighted by Crippen LogP contribution is 2.28. The number of fused-ring (bicyclic) bond motifs is 1. The van der Waals surface area contributed by atoms with Crippen LogP contribution in [-0.2, 0) is 18.3 Å². The standard InChI is InChI=1S/C17H21N5O/c1-12-3-6-22-13(11-20-15(22)9-12)10-19-14-4-8-23-16(14)17-18-5-7-21(17)2/h3,5-7,9,11,14,16,19H,4,8,10H2,1-2H3/t14-,16-/m0/s1. The van der Waals surface area contributed by atoms with Crippen molar-refractivity contribution in [2.45, 2.75) is 32.0 Å². The van der Waals surface area contributed by atoms with Crippen molar-refractivity contribution < 1.29 is 4.74 Å². The topological polar surface area (TPSA) is 56.4 Å². The SMILES string of the molecule is Cc1ccn2c(CN[C@H]3CCO[C@@H]3c3nccn3C)cnc2c1. The van der Waals surface area contributed by atoms with E-state index in [0.717, 1.165) is 36.7 Å². The smallest absolute Gasteiger partial charge is 0.139 e. The van der Waals surface area contributed by atoms with Crippen LogP contribution in [-0.4, -0.2) is 31.6 Å². The van der Waals surface area contributed by atoms with Crippen LogP contribution in [0.4, 0.5) is 0 Å². The van der Waals surface area contributed by atoms with Gasteiger partial charge in [0.25, 0.3) is 0 Å². The van der Waals surface area contributed by atoms with E-state index in [0.29, 0.717) is 0 Å². The number of rotatable bonds is 4. The van der Waals surface area contributed by atoms with Gasteiger partial charge in [-0.25, -0.2) is 9.97 Å². The quantitative estimate of drug-likeness (QED) is 0.800. The lowest BCUT2D eigenvalue weighted by atomic mass is 10.1. The molecule has 2 atom stereocenters. The maximum atomic E-state index is 5.90. The Hall–Kier alpha value is -2.18. The number of pyridine rings is 1. The van der Waals surface area contributed by atoms with Gasteiger partial charge in [0.2, 0.25) is 0 Å². The zero-order valence-electron chi connectivity index (χ0n) is 13.4. The number of ether oxygens (including phenoxy) is 1. The van der Waals surface area contributed by atoms with Gasteiger partial charge in [0.05, 0.1) is 11.9 Å². The molecule has 4 heterocycles. The molecule has 6 nitrogen and oxygen atoms in total. The van der Waals surface area contributed by atoms with Crippen LogP contribution in [0, 0.1) is 6.92 Å². The van der Waals surface area contributed by atoms with Gasteiger partial charge in [-0.2, -0.15) is 0 Å². The summed E-state index contributed by atoms with van der Waals surface area (Å²) in [5.74, 6) is 0.980. The molecule has 0 aliphatic carbocycles. The molecule has 3 aromatic heterocycles. The molecule has 1 aliphatic rings. The first kappa shape index (κ1) is 14.4. The van der Waals surface area contributed by atoms with Crippen molar-refractivity contribution in [2.24, 2.45) is 7.05 Å². The molecular formula is C17H21N5O. The fourth-order valence-corrected chi connectivity index (χ4v) is 3.21. The first-order valence-corrected chi connectivity index (χ1v) is 7.97. The summed E-state index contributed by atoms with van der Waals surface area (Å²) < 4.78 is 10.1. The van der Waals surface area contributed by atoms with Gasteiger partial charge in [0.1, 0.15) is 17.6 Å². The molecule has 23 heavy (non-hydrogen) atoms. The Bertz CT molecular complexity index is 821. The van der Waals surface area contributed by atoms with Crippen LogP contribution >= 0.6 is 0 Å². The first-order valence-electron chi connectivity index (χ1n) is 7.97. The molecule has 1 aliphatic heterocycles. The summed E-state index contributed by atoms with van der Waals surface area (Å²) in [6.45, 7) is 3.61. The third kappa shape index (κ3) is 2.64. The molecule has 0 bridgehead atoms. The highest BCUT2D eigenvalue weighted by molar-refractivity contribution is 5.42. The van der Waals surface area contributed by atoms with Gasteiger partial charge in [-0.05, 0) is 31.0 Å². The van der Waals surface area contributed by atoms with E-state index in [1.54, 1.807) is 0 Å². The van der Waals surface area contributed by atoms with Gasteiger partial charge in [0.15, 0.2) is 0 Å². The maximum absolute atomic E-state index is 5.90. The minimum Gasteiger partial charge on any atom is -0.369 e. The number of aryl methyl sites for hydroxylation is 2. The molecule has 1 N–H and O–H groups in total. The number of aromatic nitrogens is 4. The van der Waals surface area contributed by atoms with Crippen molar-refractivity contribution in [1.82, 2.24) is 24.3 Å². The van der Waals surface area contributed by atoms with E-state index in [4.69, 9.17) is 4.74 Å². The zero-order chi connectivity index (χ0) is 15.8. The predicted molar refractivity (Wildman–Crippen MR) is 87.1 cm³/mol. The average molecular weight is 311 g/mol. The van der Waals surface area contributed by atoms with Gasteiger partial charge in [-0.3, -0.25) is 0 Å². The minimum atomic E-state index is 0.0106. The van der Waals surface area contributed by atoms with E-state index in [1.165, 1.54) is 5.56 Å². The molecule has 0 aromatic carbocycles. The molecular weight excluding hydrogens is 290 g/mol. The second-order valence-electron chi connectivity index (χ2n) is 6.15. The molecule has 3 aromatic rings. The largest absolute Gasteiger partial charge is 0.369 e. The maximum Gasteiger partial charge on any atom is 0.139 e. The predicted octanol–water partition coefficient (Wildman–Crippen LogP) is 2.00. The normalized spacial score (nSPS) is 21.3. The van der Waals surface area contributed by atoms with Gasteiger partial charge in [-0.1, -0.05) is 0 Å². The Morgan fingerprint density at radius 3 is 3.09 bits per heavy atom. The lowest BCUT2D eigenvalue weighted by Crippen LogP contribution is -2.32. The fraction of sp³-hybridized carbons (Fsp3) is 0.412. The Morgan fingerprint density at radius 2 is 2.26 bits per heavy atom. The lowest BCUT2D eigenvalue weighted by molar-refractivity contribution is 0.0892. The van der Waals surface area contributed by atoms with Crippen LogP contribution in [0.15, 0.2) is 36.9 Å². The van der Waals surface area contributed by atoms with Crippen LogP contribution in [0.1, 0.15) is 29.6 Å². The van der Waals surface area contributed by atoms with Gasteiger partial charge < -0.3 is 19.0 Å². The van der Waals surface area contributed by atoms with Crippen LogP contribution in [0.25, 0.3) is 5.65 Å². The van der Waals surface area contributed by atoms with Crippen molar-refractivity contribution in [3.8, 4) is 0 Å². The third-order valence-electron chi connectivity index (χ3n) is 4.50. The average Bonchev–Trinajstić information content (AvgIpc) is 3.24. The summed E-state index contributed by atoms with van der Waals surface area (Å²) in [5.41, 5.74) is 3.37. The highest BCUT2D eigenvalue weighted by Gasteiger charge is 2.32. The Balaban J connectivity index is 1.50. The lowest BCUT2D eigenvalue weighted by Gasteiger charge is -2.19. The number of imidazole rings is 2. The van der Waals surface area contributed by atoms with Gasteiger partial charge >= 0.3 is 0 Å². The van der Waals surface area contributed by atoms with E-state index in [1.807, 2.05) is 30.2 Å². The molecule has 6 heteroatoms. The minimum absolute atomic E-state index is 0.0106. The molecule has 1 fully saturated rings. The molecule has 4 rings (SSSR count). The number of hydrogen-bond donors (Lipinski definition) is 1. The number of nitrogens with one attached hydrogen (secondary N) is 1. The number of nitrogens with zero attached hydrogens (tertiary/aromatic N) is 4. The van der Waals surface area contributed by atoms with Crippen LogP contribution in [0.2, 0.25) is 0 Å².